The van der Waals surface area contributed by atoms with Crippen molar-refractivity contribution in [3.8, 4) is 0 Å². The van der Waals surface area contributed by atoms with E-state index in [4.69, 9.17) is 4.74 Å². The van der Waals surface area contributed by atoms with Crippen LogP contribution in [0.5, 0.6) is 0 Å². The Bertz CT molecular complexity index is 659. The highest BCUT2D eigenvalue weighted by Crippen LogP contribution is 2.20. The molecule has 1 amide bonds. The van der Waals surface area contributed by atoms with Gasteiger partial charge in [0.15, 0.2) is 5.69 Å². The zero-order valence-corrected chi connectivity index (χ0v) is 13.3. The molecule has 1 saturated heterocycles. The lowest BCUT2D eigenvalue weighted by molar-refractivity contribution is -0.00320. The highest BCUT2D eigenvalue weighted by molar-refractivity contribution is 6.04. The van der Waals surface area contributed by atoms with Crippen molar-refractivity contribution in [3.05, 3.63) is 30.0 Å². The third-order valence-electron chi connectivity index (χ3n) is 4.33. The summed E-state index contributed by atoms with van der Waals surface area (Å²) in [6.45, 7) is 4.14. The summed E-state index contributed by atoms with van der Waals surface area (Å²) in [7, 11) is 1.87. The summed E-state index contributed by atoms with van der Waals surface area (Å²) < 4.78 is 7.54. The molecular weight excluding hydrogens is 278 g/mol. The maximum absolute atomic E-state index is 12.9. The molecule has 0 bridgehead atoms. The summed E-state index contributed by atoms with van der Waals surface area (Å²) in [5, 5.41) is 5.35. The first-order chi connectivity index (χ1) is 10.7. The van der Waals surface area contributed by atoms with Gasteiger partial charge < -0.3 is 9.64 Å². The highest BCUT2D eigenvalue weighted by atomic mass is 16.5. The molecule has 3 rings (SSSR count). The lowest BCUT2D eigenvalue weighted by atomic mass is 10.1. The molecule has 0 N–H and O–H groups in total. The number of benzene rings is 1. The number of para-hydroxylation sites is 1. The van der Waals surface area contributed by atoms with Crippen molar-refractivity contribution in [2.24, 2.45) is 7.05 Å². The number of likely N-dealkylation sites (N-methyl/N-ethyl adjacent to an activating group) is 1. The molecule has 1 aromatic carbocycles. The van der Waals surface area contributed by atoms with Crippen LogP contribution < -0.4 is 0 Å². The quantitative estimate of drug-likeness (QED) is 0.872. The van der Waals surface area contributed by atoms with Gasteiger partial charge in [-0.2, -0.15) is 5.10 Å². The first-order valence-corrected chi connectivity index (χ1v) is 8.03. The number of rotatable bonds is 4. The Morgan fingerprint density at radius 3 is 2.95 bits per heavy atom. The second-order valence-electron chi connectivity index (χ2n) is 5.82. The average molecular weight is 301 g/mol. The van der Waals surface area contributed by atoms with Gasteiger partial charge in [-0.25, -0.2) is 0 Å². The second kappa shape index (κ2) is 6.48. The zero-order chi connectivity index (χ0) is 15.5. The molecule has 2 heterocycles. The molecule has 1 aliphatic heterocycles. The Hall–Kier alpha value is -1.88. The molecule has 0 saturated carbocycles. The molecule has 1 atom stereocenters. The average Bonchev–Trinajstić information content (AvgIpc) is 2.90. The van der Waals surface area contributed by atoms with Gasteiger partial charge in [0.25, 0.3) is 5.91 Å². The van der Waals surface area contributed by atoms with E-state index >= 15 is 0 Å². The number of ether oxygens (including phenoxy) is 1. The van der Waals surface area contributed by atoms with E-state index in [1.165, 1.54) is 6.42 Å². The van der Waals surface area contributed by atoms with Gasteiger partial charge in [0, 0.05) is 32.1 Å². The van der Waals surface area contributed by atoms with Crippen LogP contribution in [0, 0.1) is 0 Å². The number of aromatic nitrogens is 2. The number of nitrogens with zero attached hydrogens (tertiary/aromatic N) is 3. The molecule has 2 aromatic rings. The van der Waals surface area contributed by atoms with Crippen molar-refractivity contribution in [1.29, 1.82) is 0 Å². The summed E-state index contributed by atoms with van der Waals surface area (Å²) in [5.74, 6) is -0.00604. The van der Waals surface area contributed by atoms with E-state index in [-0.39, 0.29) is 12.0 Å². The minimum absolute atomic E-state index is 0.00604. The third-order valence-corrected chi connectivity index (χ3v) is 4.33. The van der Waals surface area contributed by atoms with E-state index in [1.54, 1.807) is 4.68 Å². The van der Waals surface area contributed by atoms with Crippen LogP contribution in [-0.2, 0) is 11.8 Å². The van der Waals surface area contributed by atoms with Crippen LogP contribution >= 0.6 is 0 Å². The molecule has 5 nitrogen and oxygen atoms in total. The molecular formula is C17H23N3O2. The molecule has 0 spiro atoms. The van der Waals surface area contributed by atoms with Gasteiger partial charge in [-0.3, -0.25) is 9.48 Å². The third kappa shape index (κ3) is 2.86. The smallest absolute Gasteiger partial charge is 0.275 e. The van der Waals surface area contributed by atoms with Crippen LogP contribution in [0.25, 0.3) is 10.9 Å². The van der Waals surface area contributed by atoms with Gasteiger partial charge >= 0.3 is 0 Å². The zero-order valence-electron chi connectivity index (χ0n) is 13.3. The van der Waals surface area contributed by atoms with Crippen LogP contribution in [0.3, 0.4) is 0 Å². The second-order valence-corrected chi connectivity index (χ2v) is 5.82. The summed E-state index contributed by atoms with van der Waals surface area (Å²) in [6, 6.07) is 7.85. The maximum atomic E-state index is 12.9. The van der Waals surface area contributed by atoms with Crippen LogP contribution in [0.1, 0.15) is 36.7 Å². The number of amides is 1. The molecule has 1 fully saturated rings. The van der Waals surface area contributed by atoms with Crippen molar-refractivity contribution in [1.82, 2.24) is 14.7 Å². The number of aryl methyl sites for hydroxylation is 1. The summed E-state index contributed by atoms with van der Waals surface area (Å²) in [6.07, 6.45) is 3.50. The normalized spacial score (nSPS) is 18.5. The number of hydrogen-bond donors (Lipinski definition) is 0. The fourth-order valence-corrected chi connectivity index (χ4v) is 3.07. The monoisotopic (exact) mass is 301 g/mol. The predicted molar refractivity (Wildman–Crippen MR) is 85.9 cm³/mol. The number of fused-ring (bicyclic) bond motifs is 1. The Labute approximate surface area is 130 Å². The molecule has 22 heavy (non-hydrogen) atoms. The van der Waals surface area contributed by atoms with Gasteiger partial charge in [-0.1, -0.05) is 18.2 Å². The molecule has 0 aliphatic carbocycles. The van der Waals surface area contributed by atoms with E-state index < -0.39 is 0 Å². The first-order valence-electron chi connectivity index (χ1n) is 8.03. The Balaban J connectivity index is 1.83. The fourth-order valence-electron chi connectivity index (χ4n) is 3.07. The minimum atomic E-state index is -0.00604. The van der Waals surface area contributed by atoms with Gasteiger partial charge in [0.2, 0.25) is 0 Å². The molecule has 1 aliphatic rings. The number of carbonyl (C=O) groups excluding carboxylic acids is 1. The van der Waals surface area contributed by atoms with Crippen LogP contribution in [0.15, 0.2) is 24.3 Å². The van der Waals surface area contributed by atoms with E-state index in [0.29, 0.717) is 18.8 Å². The number of carbonyl (C=O) groups is 1. The lowest BCUT2D eigenvalue weighted by Gasteiger charge is -2.28. The van der Waals surface area contributed by atoms with Gasteiger partial charge in [-0.15, -0.1) is 0 Å². The maximum Gasteiger partial charge on any atom is 0.275 e. The molecule has 5 heteroatoms. The number of hydrogen-bond acceptors (Lipinski definition) is 3. The molecule has 0 unspecified atom stereocenters. The Morgan fingerprint density at radius 2 is 2.23 bits per heavy atom. The minimum Gasteiger partial charge on any atom is -0.376 e. The Morgan fingerprint density at radius 1 is 1.41 bits per heavy atom. The van der Waals surface area contributed by atoms with Crippen molar-refractivity contribution in [2.45, 2.75) is 32.3 Å². The van der Waals surface area contributed by atoms with Gasteiger partial charge in [0.1, 0.15) is 0 Å². The molecule has 0 radical (unpaired) electrons. The Kier molecular flexibility index (Phi) is 4.43. The first kappa shape index (κ1) is 15.0. The summed E-state index contributed by atoms with van der Waals surface area (Å²) in [4.78, 5) is 14.7. The predicted octanol–water partition coefficient (Wildman–Crippen LogP) is 2.60. The molecule has 118 valence electrons. The van der Waals surface area contributed by atoms with E-state index in [1.807, 2.05) is 43.1 Å². The summed E-state index contributed by atoms with van der Waals surface area (Å²) in [5.41, 5.74) is 1.52. The van der Waals surface area contributed by atoms with Crippen molar-refractivity contribution < 1.29 is 9.53 Å². The van der Waals surface area contributed by atoms with Crippen molar-refractivity contribution >= 4 is 16.8 Å². The molecule has 1 aromatic heterocycles. The van der Waals surface area contributed by atoms with Crippen LogP contribution in [0.2, 0.25) is 0 Å². The SMILES string of the molecule is CCN(C[C@@H]1CCCCO1)C(=O)c1nn(C)c2ccccc12. The largest absolute Gasteiger partial charge is 0.376 e. The highest BCUT2D eigenvalue weighted by Gasteiger charge is 2.24. The fraction of sp³-hybridized carbons (Fsp3) is 0.529. The standard InChI is InChI=1S/C17H23N3O2/c1-3-20(12-13-8-6-7-11-22-13)17(21)16-14-9-4-5-10-15(14)19(2)18-16/h4-5,9-10,13H,3,6-8,11-12H2,1-2H3/t13-/m0/s1. The van der Waals surface area contributed by atoms with Gasteiger partial charge in [0.05, 0.1) is 11.6 Å². The van der Waals surface area contributed by atoms with Crippen molar-refractivity contribution in [2.75, 3.05) is 19.7 Å². The van der Waals surface area contributed by atoms with Crippen LogP contribution in [-0.4, -0.2) is 46.4 Å². The van der Waals surface area contributed by atoms with E-state index in [0.717, 1.165) is 30.4 Å². The van der Waals surface area contributed by atoms with Crippen LogP contribution in [0.4, 0.5) is 0 Å². The van der Waals surface area contributed by atoms with E-state index in [9.17, 15) is 4.79 Å². The van der Waals surface area contributed by atoms with Gasteiger partial charge in [-0.05, 0) is 32.3 Å². The topological polar surface area (TPSA) is 47.4 Å². The van der Waals surface area contributed by atoms with Crippen molar-refractivity contribution in [3.63, 3.8) is 0 Å². The lowest BCUT2D eigenvalue weighted by Crippen LogP contribution is -2.39. The summed E-state index contributed by atoms with van der Waals surface area (Å²) >= 11 is 0. The van der Waals surface area contributed by atoms with E-state index in [2.05, 4.69) is 5.10 Å².